The van der Waals surface area contributed by atoms with Gasteiger partial charge < -0.3 is 10.3 Å². The minimum absolute atomic E-state index is 0.0287. The van der Waals surface area contributed by atoms with Crippen molar-refractivity contribution >= 4 is 5.91 Å². The van der Waals surface area contributed by atoms with Gasteiger partial charge in [0, 0.05) is 30.9 Å². The van der Waals surface area contributed by atoms with E-state index in [4.69, 9.17) is 0 Å². The van der Waals surface area contributed by atoms with Gasteiger partial charge in [-0.2, -0.15) is 0 Å². The molecule has 1 aromatic heterocycles. The largest absolute Gasteiger partial charge is 0.352 e. The van der Waals surface area contributed by atoms with Crippen LogP contribution in [0.25, 0.3) is 0 Å². The van der Waals surface area contributed by atoms with Crippen molar-refractivity contribution in [2.75, 3.05) is 6.54 Å². The second kappa shape index (κ2) is 5.49. The van der Waals surface area contributed by atoms with Crippen LogP contribution >= 0.6 is 0 Å². The Labute approximate surface area is 106 Å². The SMILES string of the molecule is Cc1ccc(C(=O)NCCc2ncc[nH]2)c(C)c1. The molecule has 4 heteroatoms. The summed E-state index contributed by atoms with van der Waals surface area (Å²) in [4.78, 5) is 19.1. The van der Waals surface area contributed by atoms with E-state index in [0.717, 1.165) is 17.0 Å². The molecule has 2 aromatic rings. The van der Waals surface area contributed by atoms with Crippen LogP contribution in [0.1, 0.15) is 27.3 Å². The zero-order valence-corrected chi connectivity index (χ0v) is 10.7. The Hall–Kier alpha value is -2.10. The van der Waals surface area contributed by atoms with Crippen LogP contribution in [0.2, 0.25) is 0 Å². The molecule has 0 aliphatic carbocycles. The van der Waals surface area contributed by atoms with Gasteiger partial charge in [0.25, 0.3) is 5.91 Å². The van der Waals surface area contributed by atoms with Crippen LogP contribution in [0, 0.1) is 13.8 Å². The topological polar surface area (TPSA) is 57.8 Å². The van der Waals surface area contributed by atoms with E-state index in [2.05, 4.69) is 15.3 Å². The molecule has 0 spiro atoms. The van der Waals surface area contributed by atoms with Gasteiger partial charge in [-0.05, 0) is 25.5 Å². The standard InChI is InChI=1S/C14H17N3O/c1-10-3-4-12(11(2)9-10)14(18)17-6-5-13-15-7-8-16-13/h3-4,7-9H,5-6H2,1-2H3,(H,15,16)(H,17,18). The van der Waals surface area contributed by atoms with Crippen LogP contribution in [-0.4, -0.2) is 22.4 Å². The second-order valence-corrected chi connectivity index (χ2v) is 4.36. The molecule has 0 saturated heterocycles. The predicted octanol–water partition coefficient (Wildman–Crippen LogP) is 2.00. The lowest BCUT2D eigenvalue weighted by Gasteiger charge is -2.07. The number of carbonyl (C=O) groups excluding carboxylic acids is 1. The Morgan fingerprint density at radius 3 is 2.89 bits per heavy atom. The molecule has 2 N–H and O–H groups in total. The lowest BCUT2D eigenvalue weighted by atomic mass is 10.1. The van der Waals surface area contributed by atoms with E-state index >= 15 is 0 Å². The minimum Gasteiger partial charge on any atom is -0.352 e. The number of imidazole rings is 1. The number of nitrogens with one attached hydrogen (secondary N) is 2. The Kier molecular flexibility index (Phi) is 3.77. The molecule has 0 aliphatic rings. The molecule has 4 nitrogen and oxygen atoms in total. The summed E-state index contributed by atoms with van der Waals surface area (Å²) in [6, 6.07) is 5.84. The van der Waals surface area contributed by atoms with Crippen LogP contribution in [-0.2, 0) is 6.42 Å². The van der Waals surface area contributed by atoms with E-state index in [9.17, 15) is 4.79 Å². The normalized spacial score (nSPS) is 10.3. The number of carbonyl (C=O) groups is 1. The molecule has 0 fully saturated rings. The first-order valence-corrected chi connectivity index (χ1v) is 6.00. The smallest absolute Gasteiger partial charge is 0.251 e. The number of aromatic amines is 1. The molecule has 0 aliphatic heterocycles. The maximum atomic E-state index is 12.0. The number of amides is 1. The number of rotatable bonds is 4. The molecular formula is C14H17N3O. The molecule has 0 unspecified atom stereocenters. The van der Waals surface area contributed by atoms with Crippen molar-refractivity contribution in [1.29, 1.82) is 0 Å². The molecule has 0 atom stereocenters. The maximum absolute atomic E-state index is 12.0. The number of hydrogen-bond donors (Lipinski definition) is 2. The first kappa shape index (κ1) is 12.4. The molecule has 0 saturated carbocycles. The fourth-order valence-electron chi connectivity index (χ4n) is 1.89. The number of hydrogen-bond acceptors (Lipinski definition) is 2. The van der Waals surface area contributed by atoms with E-state index in [1.165, 1.54) is 5.56 Å². The number of H-pyrrole nitrogens is 1. The summed E-state index contributed by atoms with van der Waals surface area (Å²) in [7, 11) is 0. The van der Waals surface area contributed by atoms with Crippen molar-refractivity contribution in [3.63, 3.8) is 0 Å². The Bertz CT molecular complexity index is 532. The molecule has 18 heavy (non-hydrogen) atoms. The van der Waals surface area contributed by atoms with E-state index < -0.39 is 0 Å². The fraction of sp³-hybridized carbons (Fsp3) is 0.286. The highest BCUT2D eigenvalue weighted by Crippen LogP contribution is 2.10. The van der Waals surface area contributed by atoms with Gasteiger partial charge in [-0.3, -0.25) is 4.79 Å². The van der Waals surface area contributed by atoms with Crippen LogP contribution in [0.5, 0.6) is 0 Å². The molecule has 1 aromatic carbocycles. The van der Waals surface area contributed by atoms with Gasteiger partial charge in [-0.25, -0.2) is 4.98 Å². The van der Waals surface area contributed by atoms with E-state index in [1.54, 1.807) is 12.4 Å². The lowest BCUT2D eigenvalue weighted by Crippen LogP contribution is -2.26. The third kappa shape index (κ3) is 2.97. The summed E-state index contributed by atoms with van der Waals surface area (Å²) < 4.78 is 0. The van der Waals surface area contributed by atoms with Crippen LogP contribution < -0.4 is 5.32 Å². The molecule has 2 rings (SSSR count). The molecule has 94 valence electrons. The van der Waals surface area contributed by atoms with Crippen LogP contribution in [0.3, 0.4) is 0 Å². The van der Waals surface area contributed by atoms with Crippen molar-refractivity contribution in [2.24, 2.45) is 0 Å². The zero-order valence-electron chi connectivity index (χ0n) is 10.7. The number of benzene rings is 1. The Morgan fingerprint density at radius 1 is 1.39 bits per heavy atom. The first-order chi connectivity index (χ1) is 8.66. The van der Waals surface area contributed by atoms with E-state index in [0.29, 0.717) is 13.0 Å². The quantitative estimate of drug-likeness (QED) is 0.863. The number of aryl methyl sites for hydroxylation is 2. The van der Waals surface area contributed by atoms with Gasteiger partial charge >= 0.3 is 0 Å². The van der Waals surface area contributed by atoms with Crippen molar-refractivity contribution < 1.29 is 4.79 Å². The highest BCUT2D eigenvalue weighted by Gasteiger charge is 2.08. The van der Waals surface area contributed by atoms with Gasteiger partial charge in [0.2, 0.25) is 0 Å². The second-order valence-electron chi connectivity index (χ2n) is 4.36. The minimum atomic E-state index is -0.0287. The number of nitrogens with zero attached hydrogens (tertiary/aromatic N) is 1. The third-order valence-corrected chi connectivity index (χ3v) is 2.83. The summed E-state index contributed by atoms with van der Waals surface area (Å²) in [6.45, 7) is 4.56. The molecule has 0 radical (unpaired) electrons. The average Bonchev–Trinajstić information content (AvgIpc) is 2.81. The summed E-state index contributed by atoms with van der Waals surface area (Å²) in [6.07, 6.45) is 4.20. The van der Waals surface area contributed by atoms with Gasteiger partial charge in [-0.1, -0.05) is 17.7 Å². The molecule has 1 amide bonds. The van der Waals surface area contributed by atoms with Gasteiger partial charge in [0.1, 0.15) is 5.82 Å². The van der Waals surface area contributed by atoms with Crippen molar-refractivity contribution in [2.45, 2.75) is 20.3 Å². The molecule has 0 bridgehead atoms. The fourth-order valence-corrected chi connectivity index (χ4v) is 1.89. The molecule has 1 heterocycles. The summed E-state index contributed by atoms with van der Waals surface area (Å²) in [5.74, 6) is 0.856. The highest BCUT2D eigenvalue weighted by atomic mass is 16.1. The van der Waals surface area contributed by atoms with Crippen LogP contribution in [0.4, 0.5) is 0 Å². The Morgan fingerprint density at radius 2 is 2.22 bits per heavy atom. The number of aromatic nitrogens is 2. The zero-order chi connectivity index (χ0) is 13.0. The predicted molar refractivity (Wildman–Crippen MR) is 70.5 cm³/mol. The summed E-state index contributed by atoms with van der Waals surface area (Å²) in [5.41, 5.74) is 2.91. The van der Waals surface area contributed by atoms with Gasteiger partial charge in [0.15, 0.2) is 0 Å². The monoisotopic (exact) mass is 243 g/mol. The van der Waals surface area contributed by atoms with Crippen molar-refractivity contribution in [3.05, 3.63) is 53.1 Å². The van der Waals surface area contributed by atoms with Crippen LogP contribution in [0.15, 0.2) is 30.6 Å². The van der Waals surface area contributed by atoms with Gasteiger partial charge in [0.05, 0.1) is 0 Å². The van der Waals surface area contributed by atoms with E-state index in [1.807, 2.05) is 32.0 Å². The third-order valence-electron chi connectivity index (χ3n) is 2.83. The van der Waals surface area contributed by atoms with E-state index in [-0.39, 0.29) is 5.91 Å². The highest BCUT2D eigenvalue weighted by molar-refractivity contribution is 5.95. The van der Waals surface area contributed by atoms with Crippen molar-refractivity contribution in [3.8, 4) is 0 Å². The Balaban J connectivity index is 1.91. The average molecular weight is 243 g/mol. The van der Waals surface area contributed by atoms with Gasteiger partial charge in [-0.15, -0.1) is 0 Å². The first-order valence-electron chi connectivity index (χ1n) is 6.00. The molecular weight excluding hydrogens is 226 g/mol. The maximum Gasteiger partial charge on any atom is 0.251 e. The summed E-state index contributed by atoms with van der Waals surface area (Å²) in [5, 5.41) is 2.90. The lowest BCUT2D eigenvalue weighted by molar-refractivity contribution is 0.0953. The van der Waals surface area contributed by atoms with Crippen molar-refractivity contribution in [1.82, 2.24) is 15.3 Å². The summed E-state index contributed by atoms with van der Waals surface area (Å²) >= 11 is 0.